The van der Waals surface area contributed by atoms with Gasteiger partial charge in [-0.1, -0.05) is 60.7 Å². The van der Waals surface area contributed by atoms with Crippen molar-refractivity contribution in [3.8, 4) is 0 Å². The smallest absolute Gasteiger partial charge is 0.272 e. The minimum atomic E-state index is -0.534. The Morgan fingerprint density at radius 1 is 0.724 bits per heavy atom. The van der Waals surface area contributed by atoms with Crippen molar-refractivity contribution in [2.75, 3.05) is 0 Å². The van der Waals surface area contributed by atoms with Crippen molar-refractivity contribution in [3.63, 3.8) is 0 Å². The largest absolute Gasteiger partial charge is 0.281 e. The van der Waals surface area contributed by atoms with Crippen LogP contribution in [0.3, 0.4) is 0 Å². The van der Waals surface area contributed by atoms with Crippen molar-refractivity contribution < 1.29 is 4.79 Å². The van der Waals surface area contributed by atoms with Crippen LogP contribution in [0.25, 0.3) is 27.3 Å². The van der Waals surface area contributed by atoms with Crippen molar-refractivity contribution in [2.24, 2.45) is 0 Å². The molecule has 5 rings (SSSR count). The third-order valence-electron chi connectivity index (χ3n) is 4.98. The molecule has 140 valence electrons. The Labute approximate surface area is 164 Å². The predicted molar refractivity (Wildman–Crippen MR) is 112 cm³/mol. The molecule has 0 aliphatic carbocycles. The molecule has 0 atom stereocenters. The Balaban J connectivity index is 1.92. The van der Waals surface area contributed by atoms with Gasteiger partial charge in [0.05, 0.1) is 22.7 Å². The maximum absolute atomic E-state index is 13.3. The van der Waals surface area contributed by atoms with Gasteiger partial charge in [0.25, 0.3) is 17.0 Å². The zero-order chi connectivity index (χ0) is 20.0. The second kappa shape index (κ2) is 6.53. The van der Waals surface area contributed by atoms with E-state index < -0.39 is 17.0 Å². The number of para-hydroxylation sites is 1. The van der Waals surface area contributed by atoms with Gasteiger partial charge in [0.1, 0.15) is 0 Å². The molecule has 2 aromatic heterocycles. The summed E-state index contributed by atoms with van der Waals surface area (Å²) in [6.45, 7) is 0. The maximum Gasteiger partial charge on any atom is 0.281 e. The van der Waals surface area contributed by atoms with Gasteiger partial charge in [0.15, 0.2) is 5.65 Å². The van der Waals surface area contributed by atoms with E-state index in [1.165, 1.54) is 0 Å². The molecule has 0 saturated heterocycles. The SMILES string of the molecule is O=C(Cc1ccccc1)n1c(=O)c2ccccc2c2nc3ccccc3c(=O)n21. The fraction of sp³-hybridized carbons (Fsp3) is 0.0435. The molecule has 0 unspecified atom stereocenters. The molecule has 0 bridgehead atoms. The lowest BCUT2D eigenvalue weighted by Gasteiger charge is -2.13. The topological polar surface area (TPSA) is 73.4 Å². The fourth-order valence-corrected chi connectivity index (χ4v) is 3.62. The fourth-order valence-electron chi connectivity index (χ4n) is 3.62. The summed E-state index contributed by atoms with van der Waals surface area (Å²) >= 11 is 0. The highest BCUT2D eigenvalue weighted by molar-refractivity contribution is 5.97. The van der Waals surface area contributed by atoms with Gasteiger partial charge in [-0.15, -0.1) is 0 Å². The van der Waals surface area contributed by atoms with E-state index in [-0.39, 0.29) is 12.1 Å². The van der Waals surface area contributed by atoms with Gasteiger partial charge in [0, 0.05) is 5.39 Å². The number of carbonyl (C=O) groups excluding carboxylic acids is 1. The van der Waals surface area contributed by atoms with Crippen LogP contribution < -0.4 is 11.1 Å². The molecule has 0 fully saturated rings. The molecule has 0 N–H and O–H groups in total. The molecule has 2 heterocycles. The van der Waals surface area contributed by atoms with E-state index in [1.54, 1.807) is 48.5 Å². The first kappa shape index (κ1) is 17.1. The maximum atomic E-state index is 13.3. The molecule has 0 spiro atoms. The third-order valence-corrected chi connectivity index (χ3v) is 4.98. The number of fused-ring (bicyclic) bond motifs is 4. The number of hydrogen-bond donors (Lipinski definition) is 0. The van der Waals surface area contributed by atoms with Crippen LogP contribution in [0.15, 0.2) is 88.5 Å². The van der Waals surface area contributed by atoms with E-state index in [9.17, 15) is 14.4 Å². The summed E-state index contributed by atoms with van der Waals surface area (Å²) in [5.74, 6) is -0.490. The number of carbonyl (C=O) groups is 1. The number of nitrogens with zero attached hydrogens (tertiary/aromatic N) is 3. The van der Waals surface area contributed by atoms with Gasteiger partial charge < -0.3 is 0 Å². The lowest BCUT2D eigenvalue weighted by atomic mass is 10.1. The van der Waals surface area contributed by atoms with E-state index >= 15 is 0 Å². The molecular weight excluding hydrogens is 366 g/mol. The van der Waals surface area contributed by atoms with Gasteiger partial charge in [-0.05, 0) is 23.8 Å². The Morgan fingerprint density at radius 2 is 1.34 bits per heavy atom. The normalized spacial score (nSPS) is 11.3. The summed E-state index contributed by atoms with van der Waals surface area (Å²) in [6, 6.07) is 22.9. The highest BCUT2D eigenvalue weighted by Gasteiger charge is 2.19. The van der Waals surface area contributed by atoms with E-state index in [0.717, 1.165) is 14.8 Å². The molecule has 5 aromatic rings. The number of rotatable bonds is 2. The summed E-state index contributed by atoms with van der Waals surface area (Å²) in [4.78, 5) is 44.3. The Hall–Kier alpha value is -4.06. The van der Waals surface area contributed by atoms with E-state index in [1.807, 2.05) is 30.3 Å². The summed E-state index contributed by atoms with van der Waals surface area (Å²) < 4.78 is 2.03. The quantitative estimate of drug-likeness (QED) is 0.348. The number of hydrogen-bond acceptors (Lipinski definition) is 4. The van der Waals surface area contributed by atoms with Crippen LogP contribution in [0.5, 0.6) is 0 Å². The van der Waals surface area contributed by atoms with E-state index in [4.69, 9.17) is 0 Å². The standard InChI is InChI=1S/C23H15N3O3/c27-20(14-15-8-2-1-3-9-15)25-22(28)17-11-5-4-10-16(17)21-24-19-13-7-6-12-18(19)23(29)26(21)25/h1-13H,14H2. The first-order chi connectivity index (χ1) is 14.1. The van der Waals surface area contributed by atoms with Crippen LogP contribution in [0, 0.1) is 0 Å². The zero-order valence-electron chi connectivity index (χ0n) is 15.3. The lowest BCUT2D eigenvalue weighted by Crippen LogP contribution is -2.39. The third kappa shape index (κ3) is 2.65. The molecule has 29 heavy (non-hydrogen) atoms. The van der Waals surface area contributed by atoms with Crippen LogP contribution in [0.4, 0.5) is 0 Å². The Morgan fingerprint density at radius 3 is 2.10 bits per heavy atom. The Kier molecular flexibility index (Phi) is 3.84. The Bertz CT molecular complexity index is 1530. The van der Waals surface area contributed by atoms with Crippen LogP contribution in [0.2, 0.25) is 0 Å². The van der Waals surface area contributed by atoms with Crippen molar-refractivity contribution in [3.05, 3.63) is 105 Å². The van der Waals surface area contributed by atoms with Crippen LogP contribution in [0.1, 0.15) is 10.4 Å². The molecule has 0 amide bonds. The molecular formula is C23H15N3O3. The lowest BCUT2D eigenvalue weighted by molar-refractivity contribution is 0.0886. The predicted octanol–water partition coefficient (Wildman–Crippen LogP) is 3.05. The first-order valence-corrected chi connectivity index (χ1v) is 9.18. The van der Waals surface area contributed by atoms with Gasteiger partial charge in [-0.25, -0.2) is 4.98 Å². The molecule has 3 aromatic carbocycles. The molecule has 6 nitrogen and oxygen atoms in total. The molecule has 0 saturated carbocycles. The second-order valence-corrected chi connectivity index (χ2v) is 6.79. The summed E-state index contributed by atoms with van der Waals surface area (Å²) in [5.41, 5.74) is 0.573. The summed E-state index contributed by atoms with van der Waals surface area (Å²) in [7, 11) is 0. The number of aromatic nitrogens is 3. The van der Waals surface area contributed by atoms with Crippen LogP contribution >= 0.6 is 0 Å². The van der Waals surface area contributed by atoms with Crippen molar-refractivity contribution >= 4 is 33.2 Å². The minimum Gasteiger partial charge on any atom is -0.272 e. The summed E-state index contributed by atoms with van der Waals surface area (Å²) in [6.07, 6.45) is -0.00649. The van der Waals surface area contributed by atoms with E-state index in [0.29, 0.717) is 21.7 Å². The van der Waals surface area contributed by atoms with Crippen LogP contribution in [-0.4, -0.2) is 20.1 Å². The number of benzene rings is 3. The average Bonchev–Trinajstić information content (AvgIpc) is 2.75. The monoisotopic (exact) mass is 381 g/mol. The van der Waals surface area contributed by atoms with Crippen molar-refractivity contribution in [2.45, 2.75) is 6.42 Å². The zero-order valence-corrected chi connectivity index (χ0v) is 15.3. The second-order valence-electron chi connectivity index (χ2n) is 6.79. The van der Waals surface area contributed by atoms with Crippen LogP contribution in [-0.2, 0) is 6.42 Å². The van der Waals surface area contributed by atoms with Crippen molar-refractivity contribution in [1.82, 2.24) is 14.2 Å². The van der Waals surface area contributed by atoms with Crippen molar-refractivity contribution in [1.29, 1.82) is 0 Å². The highest BCUT2D eigenvalue weighted by Crippen LogP contribution is 2.17. The van der Waals surface area contributed by atoms with Gasteiger partial charge >= 0.3 is 0 Å². The van der Waals surface area contributed by atoms with Gasteiger partial charge in [0.2, 0.25) is 0 Å². The molecule has 0 aliphatic rings. The first-order valence-electron chi connectivity index (χ1n) is 9.18. The molecule has 0 aliphatic heterocycles. The highest BCUT2D eigenvalue weighted by atomic mass is 16.2. The van der Waals surface area contributed by atoms with Gasteiger partial charge in [-0.3, -0.25) is 14.4 Å². The average molecular weight is 381 g/mol. The minimum absolute atomic E-state index is 0.00649. The summed E-state index contributed by atoms with van der Waals surface area (Å²) in [5, 5.41) is 1.22. The molecule has 6 heteroatoms. The molecule has 0 radical (unpaired) electrons. The van der Waals surface area contributed by atoms with E-state index in [2.05, 4.69) is 4.98 Å². The van der Waals surface area contributed by atoms with Gasteiger partial charge in [-0.2, -0.15) is 9.20 Å².